The van der Waals surface area contributed by atoms with E-state index in [-0.39, 0.29) is 12.3 Å². The number of Topliss-reactive ketones (excluding diaryl/α,β-unsaturated/α-hetero) is 1. The van der Waals surface area contributed by atoms with Crippen LogP contribution < -0.4 is 4.90 Å². The van der Waals surface area contributed by atoms with E-state index in [2.05, 4.69) is 20.3 Å². The standard InChI is InChI=1S/C14H17N5O2/c1-11(20)10-19-16-14(15-17-19)12-2-4-13(5-3-12)18-6-8-21-9-7-18/h2-5H,6-10H2,1H3. The van der Waals surface area contributed by atoms with E-state index in [0.717, 1.165) is 37.6 Å². The van der Waals surface area contributed by atoms with Crippen molar-refractivity contribution >= 4 is 11.5 Å². The summed E-state index contributed by atoms with van der Waals surface area (Å²) in [6, 6.07) is 8.04. The fourth-order valence-corrected chi connectivity index (χ4v) is 2.27. The number of carbonyl (C=O) groups excluding carboxylic acids is 1. The third-order valence-electron chi connectivity index (χ3n) is 3.32. The number of carbonyl (C=O) groups is 1. The summed E-state index contributed by atoms with van der Waals surface area (Å²) >= 11 is 0. The molecule has 7 heteroatoms. The zero-order valence-corrected chi connectivity index (χ0v) is 11.9. The second-order valence-corrected chi connectivity index (χ2v) is 4.99. The minimum atomic E-state index is 0.00150. The molecule has 7 nitrogen and oxygen atoms in total. The predicted octanol–water partition coefficient (Wildman–Crippen LogP) is 0.766. The number of hydrogen-bond donors (Lipinski definition) is 0. The molecule has 0 N–H and O–H groups in total. The minimum Gasteiger partial charge on any atom is -0.378 e. The summed E-state index contributed by atoms with van der Waals surface area (Å²) in [6.07, 6.45) is 0. The number of rotatable bonds is 4. The van der Waals surface area contributed by atoms with Crippen molar-refractivity contribution in [2.45, 2.75) is 13.5 Å². The zero-order valence-electron chi connectivity index (χ0n) is 11.9. The van der Waals surface area contributed by atoms with Crippen LogP contribution in [0.1, 0.15) is 6.92 Å². The maximum atomic E-state index is 11.0. The normalized spacial score (nSPS) is 15.2. The molecule has 0 spiro atoms. The molecule has 2 heterocycles. The van der Waals surface area contributed by atoms with Crippen LogP contribution in [0.25, 0.3) is 11.4 Å². The highest BCUT2D eigenvalue weighted by atomic mass is 16.5. The summed E-state index contributed by atoms with van der Waals surface area (Å²) in [7, 11) is 0. The molecular weight excluding hydrogens is 270 g/mol. The number of nitrogens with zero attached hydrogens (tertiary/aromatic N) is 5. The highest BCUT2D eigenvalue weighted by molar-refractivity contribution is 5.75. The number of ether oxygens (including phenoxy) is 1. The molecule has 0 saturated carbocycles. The Morgan fingerprint density at radius 3 is 2.62 bits per heavy atom. The number of anilines is 1. The lowest BCUT2D eigenvalue weighted by Crippen LogP contribution is -2.36. The molecule has 1 fully saturated rings. The Labute approximate surface area is 122 Å². The molecule has 0 amide bonds. The highest BCUT2D eigenvalue weighted by Crippen LogP contribution is 2.20. The maximum absolute atomic E-state index is 11.0. The van der Waals surface area contributed by atoms with E-state index in [9.17, 15) is 4.79 Å². The molecule has 0 radical (unpaired) electrons. The summed E-state index contributed by atoms with van der Waals surface area (Å²) in [5.74, 6) is 0.534. The summed E-state index contributed by atoms with van der Waals surface area (Å²) in [5.41, 5.74) is 2.06. The summed E-state index contributed by atoms with van der Waals surface area (Å²) < 4.78 is 5.35. The molecule has 2 aromatic rings. The smallest absolute Gasteiger partial charge is 0.204 e. The summed E-state index contributed by atoms with van der Waals surface area (Å²) in [5, 5.41) is 12.1. The van der Waals surface area contributed by atoms with Crippen LogP contribution in [-0.2, 0) is 16.1 Å². The molecule has 0 aliphatic carbocycles. The fraction of sp³-hybridized carbons (Fsp3) is 0.429. The molecule has 1 aromatic carbocycles. The van der Waals surface area contributed by atoms with Gasteiger partial charge in [0.15, 0.2) is 5.78 Å². The van der Waals surface area contributed by atoms with Gasteiger partial charge in [0.1, 0.15) is 6.54 Å². The number of tetrazole rings is 1. The number of benzene rings is 1. The van der Waals surface area contributed by atoms with Gasteiger partial charge in [0.25, 0.3) is 0 Å². The quantitative estimate of drug-likeness (QED) is 0.827. The summed E-state index contributed by atoms with van der Waals surface area (Å²) in [4.78, 5) is 14.6. The van der Waals surface area contributed by atoms with Crippen molar-refractivity contribution in [3.05, 3.63) is 24.3 Å². The number of morpholine rings is 1. The molecule has 110 valence electrons. The monoisotopic (exact) mass is 287 g/mol. The van der Waals surface area contributed by atoms with Crippen molar-refractivity contribution in [2.75, 3.05) is 31.2 Å². The van der Waals surface area contributed by atoms with E-state index in [1.807, 2.05) is 24.3 Å². The van der Waals surface area contributed by atoms with Gasteiger partial charge >= 0.3 is 0 Å². The van der Waals surface area contributed by atoms with E-state index in [1.54, 1.807) is 0 Å². The molecule has 1 saturated heterocycles. The Morgan fingerprint density at radius 1 is 1.24 bits per heavy atom. The van der Waals surface area contributed by atoms with Crippen LogP contribution in [0.4, 0.5) is 5.69 Å². The molecule has 1 aromatic heterocycles. The van der Waals surface area contributed by atoms with E-state index < -0.39 is 0 Å². The van der Waals surface area contributed by atoms with Gasteiger partial charge in [0, 0.05) is 24.3 Å². The van der Waals surface area contributed by atoms with Gasteiger partial charge in [-0.3, -0.25) is 4.79 Å². The van der Waals surface area contributed by atoms with Crippen LogP contribution in [0.15, 0.2) is 24.3 Å². The van der Waals surface area contributed by atoms with Crippen molar-refractivity contribution in [2.24, 2.45) is 0 Å². The van der Waals surface area contributed by atoms with E-state index in [1.165, 1.54) is 11.7 Å². The first-order valence-electron chi connectivity index (χ1n) is 6.93. The van der Waals surface area contributed by atoms with Crippen LogP contribution >= 0.6 is 0 Å². The van der Waals surface area contributed by atoms with Gasteiger partial charge in [-0.1, -0.05) is 0 Å². The van der Waals surface area contributed by atoms with Gasteiger partial charge in [-0.05, 0) is 36.4 Å². The molecule has 0 atom stereocenters. The van der Waals surface area contributed by atoms with Crippen molar-refractivity contribution < 1.29 is 9.53 Å². The third-order valence-corrected chi connectivity index (χ3v) is 3.32. The molecule has 1 aliphatic heterocycles. The van der Waals surface area contributed by atoms with Crippen molar-refractivity contribution in [1.82, 2.24) is 20.2 Å². The lowest BCUT2D eigenvalue weighted by atomic mass is 10.2. The SMILES string of the molecule is CC(=O)Cn1nnc(-c2ccc(N3CCOCC3)cc2)n1. The van der Waals surface area contributed by atoms with Gasteiger partial charge in [0.05, 0.1) is 13.2 Å². The number of ketones is 1. The second kappa shape index (κ2) is 6.01. The largest absolute Gasteiger partial charge is 0.378 e. The van der Waals surface area contributed by atoms with Gasteiger partial charge in [-0.15, -0.1) is 10.2 Å². The minimum absolute atomic E-state index is 0.00150. The molecule has 3 rings (SSSR count). The summed E-state index contributed by atoms with van der Waals surface area (Å²) in [6.45, 7) is 5.00. The Balaban J connectivity index is 1.74. The van der Waals surface area contributed by atoms with Crippen LogP contribution in [0.5, 0.6) is 0 Å². The van der Waals surface area contributed by atoms with Gasteiger partial charge in [-0.2, -0.15) is 4.80 Å². The van der Waals surface area contributed by atoms with Crippen LogP contribution in [0.2, 0.25) is 0 Å². The van der Waals surface area contributed by atoms with E-state index in [4.69, 9.17) is 4.74 Å². The fourth-order valence-electron chi connectivity index (χ4n) is 2.27. The molecule has 0 bridgehead atoms. The Morgan fingerprint density at radius 2 is 1.95 bits per heavy atom. The van der Waals surface area contributed by atoms with Crippen LogP contribution in [-0.4, -0.2) is 52.3 Å². The van der Waals surface area contributed by atoms with Crippen LogP contribution in [0.3, 0.4) is 0 Å². The van der Waals surface area contributed by atoms with Crippen molar-refractivity contribution in [3.63, 3.8) is 0 Å². The Bertz CT molecular complexity index is 617. The first kappa shape index (κ1) is 13.7. The molecular formula is C14H17N5O2. The maximum Gasteiger partial charge on any atom is 0.204 e. The number of hydrogen-bond acceptors (Lipinski definition) is 6. The first-order chi connectivity index (χ1) is 10.2. The second-order valence-electron chi connectivity index (χ2n) is 4.99. The van der Waals surface area contributed by atoms with Crippen LogP contribution in [0, 0.1) is 0 Å². The predicted molar refractivity (Wildman–Crippen MR) is 77.0 cm³/mol. The molecule has 1 aliphatic rings. The Hall–Kier alpha value is -2.28. The lowest BCUT2D eigenvalue weighted by Gasteiger charge is -2.28. The average Bonchev–Trinajstić information content (AvgIpc) is 2.96. The number of aromatic nitrogens is 4. The lowest BCUT2D eigenvalue weighted by molar-refractivity contribution is -0.117. The van der Waals surface area contributed by atoms with Crippen molar-refractivity contribution in [3.8, 4) is 11.4 Å². The first-order valence-corrected chi connectivity index (χ1v) is 6.93. The average molecular weight is 287 g/mol. The van der Waals surface area contributed by atoms with Gasteiger partial charge < -0.3 is 9.64 Å². The molecule has 0 unspecified atom stereocenters. The van der Waals surface area contributed by atoms with Gasteiger partial charge in [0.2, 0.25) is 5.82 Å². The van der Waals surface area contributed by atoms with Crippen molar-refractivity contribution in [1.29, 1.82) is 0 Å². The molecule has 21 heavy (non-hydrogen) atoms. The van der Waals surface area contributed by atoms with Gasteiger partial charge in [-0.25, -0.2) is 0 Å². The zero-order chi connectivity index (χ0) is 14.7. The van der Waals surface area contributed by atoms with E-state index in [0.29, 0.717) is 5.82 Å². The van der Waals surface area contributed by atoms with E-state index >= 15 is 0 Å². The topological polar surface area (TPSA) is 73.1 Å². The Kier molecular flexibility index (Phi) is 3.92. The highest BCUT2D eigenvalue weighted by Gasteiger charge is 2.12. The third kappa shape index (κ3) is 3.25.